The van der Waals surface area contributed by atoms with Gasteiger partial charge in [-0.15, -0.1) is 0 Å². The monoisotopic (exact) mass is 360 g/mol. The SMILES string of the molecule is Cc1c(C(=O)N2CC3(COc4ccccc4C3)C2)cnn1-c1ccccn1. The Morgan fingerprint density at radius 3 is 2.78 bits per heavy atom. The first kappa shape index (κ1) is 16.1. The summed E-state index contributed by atoms with van der Waals surface area (Å²) >= 11 is 0. The van der Waals surface area contributed by atoms with E-state index in [4.69, 9.17) is 4.74 Å². The third-order valence-electron chi connectivity index (χ3n) is 5.52. The highest BCUT2D eigenvalue weighted by Crippen LogP contribution is 2.41. The van der Waals surface area contributed by atoms with E-state index in [1.807, 2.05) is 48.2 Å². The minimum Gasteiger partial charge on any atom is -0.493 e. The molecule has 136 valence electrons. The summed E-state index contributed by atoms with van der Waals surface area (Å²) in [4.78, 5) is 19.2. The van der Waals surface area contributed by atoms with Crippen molar-refractivity contribution in [2.45, 2.75) is 13.3 Å². The predicted octanol–water partition coefficient (Wildman–Crippen LogP) is 2.65. The first-order valence-electron chi connectivity index (χ1n) is 9.11. The smallest absolute Gasteiger partial charge is 0.257 e. The van der Waals surface area contributed by atoms with Crippen molar-refractivity contribution in [3.63, 3.8) is 0 Å². The number of pyridine rings is 1. The van der Waals surface area contributed by atoms with Crippen LogP contribution in [0.5, 0.6) is 5.75 Å². The quantitative estimate of drug-likeness (QED) is 0.705. The molecule has 0 aliphatic carbocycles. The zero-order valence-electron chi connectivity index (χ0n) is 15.1. The van der Waals surface area contributed by atoms with Crippen LogP contribution in [0.2, 0.25) is 0 Å². The lowest BCUT2D eigenvalue weighted by molar-refractivity contribution is -0.0291. The molecule has 1 amide bonds. The number of hydrogen-bond donors (Lipinski definition) is 0. The van der Waals surface area contributed by atoms with Crippen LogP contribution < -0.4 is 4.74 Å². The Bertz CT molecular complexity index is 1010. The second kappa shape index (κ2) is 5.94. The van der Waals surface area contributed by atoms with Crippen LogP contribution in [0.15, 0.2) is 54.9 Å². The van der Waals surface area contributed by atoms with Crippen molar-refractivity contribution < 1.29 is 9.53 Å². The standard InChI is InChI=1S/C21H20N4O2/c1-15-17(11-23-25(15)19-8-4-5-9-22-19)20(26)24-12-21(13-24)10-16-6-2-3-7-18(16)27-14-21/h2-9,11H,10,12-14H2,1H3. The molecule has 1 fully saturated rings. The Hall–Kier alpha value is -3.15. The maximum atomic E-state index is 13.0. The third kappa shape index (κ3) is 2.60. The zero-order valence-corrected chi connectivity index (χ0v) is 15.1. The van der Waals surface area contributed by atoms with Crippen LogP contribution in [0.25, 0.3) is 5.82 Å². The van der Waals surface area contributed by atoms with E-state index in [9.17, 15) is 4.79 Å². The molecule has 1 spiro atoms. The van der Waals surface area contributed by atoms with Gasteiger partial charge >= 0.3 is 0 Å². The summed E-state index contributed by atoms with van der Waals surface area (Å²) in [5.74, 6) is 1.71. The van der Waals surface area contributed by atoms with Crippen LogP contribution >= 0.6 is 0 Å². The number of hydrogen-bond acceptors (Lipinski definition) is 4. The number of rotatable bonds is 2. The molecule has 2 aliphatic heterocycles. The van der Waals surface area contributed by atoms with Crippen molar-refractivity contribution in [2.75, 3.05) is 19.7 Å². The van der Waals surface area contributed by atoms with Gasteiger partial charge in [-0.1, -0.05) is 24.3 Å². The van der Waals surface area contributed by atoms with Crippen LogP contribution in [-0.4, -0.2) is 45.3 Å². The molecule has 4 heterocycles. The van der Waals surface area contributed by atoms with E-state index < -0.39 is 0 Å². The lowest BCUT2D eigenvalue weighted by atomic mass is 9.73. The van der Waals surface area contributed by atoms with Gasteiger partial charge in [0, 0.05) is 24.7 Å². The van der Waals surface area contributed by atoms with Gasteiger partial charge in [-0.3, -0.25) is 4.79 Å². The molecule has 2 aromatic heterocycles. The molecule has 2 aliphatic rings. The molecular formula is C21H20N4O2. The highest BCUT2D eigenvalue weighted by molar-refractivity contribution is 5.95. The average Bonchev–Trinajstić information content (AvgIpc) is 3.07. The number of benzene rings is 1. The van der Waals surface area contributed by atoms with E-state index in [1.165, 1.54) is 5.56 Å². The Labute approximate surface area is 157 Å². The number of amides is 1. The molecule has 0 saturated carbocycles. The zero-order chi connectivity index (χ0) is 18.4. The van der Waals surface area contributed by atoms with Crippen molar-refractivity contribution in [1.29, 1.82) is 0 Å². The number of likely N-dealkylation sites (tertiary alicyclic amines) is 1. The number of carbonyl (C=O) groups excluding carboxylic acids is 1. The molecule has 3 aromatic rings. The van der Waals surface area contributed by atoms with Gasteiger partial charge in [0.1, 0.15) is 5.75 Å². The summed E-state index contributed by atoms with van der Waals surface area (Å²) in [6, 6.07) is 13.8. The number of para-hydroxylation sites is 1. The van der Waals surface area contributed by atoms with Crippen LogP contribution in [0.3, 0.4) is 0 Å². The molecule has 5 rings (SSSR count). The lowest BCUT2D eigenvalue weighted by Gasteiger charge is -2.51. The average molecular weight is 360 g/mol. The second-order valence-corrected chi connectivity index (χ2v) is 7.48. The van der Waals surface area contributed by atoms with Gasteiger partial charge in [0.2, 0.25) is 0 Å². The van der Waals surface area contributed by atoms with Crippen molar-refractivity contribution in [3.05, 3.63) is 71.7 Å². The summed E-state index contributed by atoms with van der Waals surface area (Å²) in [6.45, 7) is 4.01. The summed E-state index contributed by atoms with van der Waals surface area (Å²) < 4.78 is 7.65. The molecule has 0 radical (unpaired) electrons. The highest BCUT2D eigenvalue weighted by Gasteiger charge is 2.48. The number of ether oxygens (including phenoxy) is 1. The fourth-order valence-corrected chi connectivity index (χ4v) is 4.09. The van der Waals surface area contributed by atoms with Crippen LogP contribution in [0.1, 0.15) is 21.6 Å². The topological polar surface area (TPSA) is 60.3 Å². The van der Waals surface area contributed by atoms with Crippen molar-refractivity contribution in [3.8, 4) is 11.6 Å². The lowest BCUT2D eigenvalue weighted by Crippen LogP contribution is -2.62. The number of aromatic nitrogens is 3. The van der Waals surface area contributed by atoms with E-state index in [2.05, 4.69) is 16.1 Å². The first-order valence-corrected chi connectivity index (χ1v) is 9.11. The van der Waals surface area contributed by atoms with Gasteiger partial charge in [-0.2, -0.15) is 5.10 Å². The van der Waals surface area contributed by atoms with E-state index in [1.54, 1.807) is 17.1 Å². The molecular weight excluding hydrogens is 340 g/mol. The molecule has 0 unspecified atom stereocenters. The Kier molecular flexibility index (Phi) is 3.53. The van der Waals surface area contributed by atoms with Gasteiger partial charge in [0.25, 0.3) is 5.91 Å². The maximum absolute atomic E-state index is 13.0. The fourth-order valence-electron chi connectivity index (χ4n) is 4.09. The van der Waals surface area contributed by atoms with E-state index in [0.717, 1.165) is 17.9 Å². The normalized spacial score (nSPS) is 17.1. The minimum atomic E-state index is 0.0270. The second-order valence-electron chi connectivity index (χ2n) is 7.48. The van der Waals surface area contributed by atoms with Crippen LogP contribution in [-0.2, 0) is 6.42 Å². The first-order chi connectivity index (χ1) is 13.2. The summed E-state index contributed by atoms with van der Waals surface area (Å²) in [5, 5.41) is 4.36. The Balaban J connectivity index is 1.32. The number of nitrogens with zero attached hydrogens (tertiary/aromatic N) is 4. The van der Waals surface area contributed by atoms with Crippen molar-refractivity contribution >= 4 is 5.91 Å². The van der Waals surface area contributed by atoms with Gasteiger partial charge in [-0.05, 0) is 37.1 Å². The Morgan fingerprint density at radius 2 is 1.96 bits per heavy atom. The largest absolute Gasteiger partial charge is 0.493 e. The molecule has 6 heteroatoms. The fraction of sp³-hybridized carbons (Fsp3) is 0.286. The van der Waals surface area contributed by atoms with Gasteiger partial charge in [0.05, 0.1) is 24.1 Å². The third-order valence-corrected chi connectivity index (χ3v) is 5.52. The van der Waals surface area contributed by atoms with Gasteiger partial charge < -0.3 is 9.64 Å². The van der Waals surface area contributed by atoms with Gasteiger partial charge in [0.15, 0.2) is 5.82 Å². The Morgan fingerprint density at radius 1 is 1.15 bits per heavy atom. The minimum absolute atomic E-state index is 0.0270. The summed E-state index contributed by atoms with van der Waals surface area (Å²) in [7, 11) is 0. The maximum Gasteiger partial charge on any atom is 0.257 e. The van der Waals surface area contributed by atoms with E-state index >= 15 is 0 Å². The van der Waals surface area contributed by atoms with Crippen LogP contribution in [0.4, 0.5) is 0 Å². The molecule has 0 atom stereocenters. The number of carbonyl (C=O) groups is 1. The van der Waals surface area contributed by atoms with Crippen LogP contribution in [0, 0.1) is 12.3 Å². The molecule has 6 nitrogen and oxygen atoms in total. The summed E-state index contributed by atoms with van der Waals surface area (Å²) in [6.07, 6.45) is 4.32. The molecule has 27 heavy (non-hydrogen) atoms. The predicted molar refractivity (Wildman–Crippen MR) is 100 cm³/mol. The van der Waals surface area contributed by atoms with Crippen molar-refractivity contribution in [1.82, 2.24) is 19.7 Å². The molecule has 0 N–H and O–H groups in total. The van der Waals surface area contributed by atoms with Gasteiger partial charge in [-0.25, -0.2) is 9.67 Å². The van der Waals surface area contributed by atoms with E-state index in [-0.39, 0.29) is 11.3 Å². The molecule has 1 aromatic carbocycles. The van der Waals surface area contributed by atoms with Crippen molar-refractivity contribution in [2.24, 2.45) is 5.41 Å². The molecule has 1 saturated heterocycles. The molecule has 0 bridgehead atoms. The van der Waals surface area contributed by atoms with E-state index in [0.29, 0.717) is 31.1 Å². The highest BCUT2D eigenvalue weighted by atomic mass is 16.5. The number of fused-ring (bicyclic) bond motifs is 1. The summed E-state index contributed by atoms with van der Waals surface area (Å²) in [5.41, 5.74) is 2.71.